The Morgan fingerprint density at radius 2 is 2.00 bits per heavy atom. The van der Waals surface area contributed by atoms with E-state index in [1.54, 1.807) is 43.8 Å². The number of aliphatic imine (C=N–C) groups is 1. The van der Waals surface area contributed by atoms with Crippen molar-refractivity contribution in [3.63, 3.8) is 0 Å². The number of methoxy groups -OCH3 is 1. The fourth-order valence-electron chi connectivity index (χ4n) is 1.91. The fraction of sp³-hybridized carbons (Fsp3) is 0.0625. The average Bonchev–Trinajstić information content (AvgIpc) is 2.89. The topological polar surface area (TPSA) is 60.8 Å². The van der Waals surface area contributed by atoms with Crippen LogP contribution in [0.25, 0.3) is 6.08 Å². The maximum absolute atomic E-state index is 11.9. The van der Waals surface area contributed by atoms with E-state index in [-0.39, 0.29) is 11.6 Å². The van der Waals surface area contributed by atoms with Crippen LogP contribution in [0.4, 0.5) is 0 Å². The summed E-state index contributed by atoms with van der Waals surface area (Å²) in [4.78, 5) is 20.0. The van der Waals surface area contributed by atoms with Gasteiger partial charge in [0.15, 0.2) is 5.70 Å². The van der Waals surface area contributed by atoms with Gasteiger partial charge in [-0.2, -0.15) is 0 Å². The van der Waals surface area contributed by atoms with Crippen molar-refractivity contribution in [3.05, 3.63) is 65.6 Å². The Kier molecular flexibility index (Phi) is 3.47. The summed E-state index contributed by atoms with van der Waals surface area (Å²) < 4.78 is 10.4. The van der Waals surface area contributed by atoms with Crippen LogP contribution in [0.15, 0.2) is 59.5 Å². The molecule has 0 bridgehead atoms. The smallest absolute Gasteiger partial charge is 0.363 e. The summed E-state index contributed by atoms with van der Waals surface area (Å²) in [6.07, 6.45) is 4.97. The molecule has 21 heavy (non-hydrogen) atoms. The van der Waals surface area contributed by atoms with Gasteiger partial charge < -0.3 is 9.47 Å². The van der Waals surface area contributed by atoms with Crippen LogP contribution in [0.1, 0.15) is 11.1 Å². The van der Waals surface area contributed by atoms with Gasteiger partial charge in [0.1, 0.15) is 5.75 Å². The summed E-state index contributed by atoms with van der Waals surface area (Å²) in [5.41, 5.74) is 1.80. The highest BCUT2D eigenvalue weighted by Crippen LogP contribution is 2.21. The summed E-state index contributed by atoms with van der Waals surface area (Å²) in [6, 6.07) is 10.8. The zero-order valence-electron chi connectivity index (χ0n) is 11.3. The minimum atomic E-state index is -0.468. The van der Waals surface area contributed by atoms with E-state index in [1.165, 1.54) is 0 Å². The van der Waals surface area contributed by atoms with E-state index < -0.39 is 5.97 Å². The van der Waals surface area contributed by atoms with Crippen molar-refractivity contribution in [1.29, 1.82) is 0 Å². The predicted molar refractivity (Wildman–Crippen MR) is 77.8 cm³/mol. The van der Waals surface area contributed by atoms with Crippen LogP contribution in [0.3, 0.4) is 0 Å². The molecule has 1 aliphatic heterocycles. The highest BCUT2D eigenvalue weighted by atomic mass is 16.6. The summed E-state index contributed by atoms with van der Waals surface area (Å²) >= 11 is 0. The van der Waals surface area contributed by atoms with Crippen molar-refractivity contribution in [2.24, 2.45) is 4.99 Å². The maximum atomic E-state index is 11.9. The first kappa shape index (κ1) is 13.1. The summed E-state index contributed by atoms with van der Waals surface area (Å²) in [5, 5.41) is 0. The van der Waals surface area contributed by atoms with Gasteiger partial charge in [0.2, 0.25) is 5.90 Å². The number of benzene rings is 1. The SMILES string of the molecule is COc1cccc(C2=N/C(=C/c3ccncc3)C(=O)O2)c1. The lowest BCUT2D eigenvalue weighted by atomic mass is 10.2. The van der Waals surface area contributed by atoms with Crippen LogP contribution >= 0.6 is 0 Å². The number of cyclic esters (lactones) is 1. The second-order valence-corrected chi connectivity index (χ2v) is 4.35. The maximum Gasteiger partial charge on any atom is 0.363 e. The normalized spacial score (nSPS) is 15.8. The van der Waals surface area contributed by atoms with Crippen LogP contribution in [-0.2, 0) is 9.53 Å². The molecule has 1 aliphatic rings. The molecule has 5 nitrogen and oxygen atoms in total. The molecule has 0 saturated carbocycles. The number of carbonyl (C=O) groups excluding carboxylic acids is 1. The van der Waals surface area contributed by atoms with Gasteiger partial charge in [0.05, 0.1) is 7.11 Å². The van der Waals surface area contributed by atoms with Gasteiger partial charge in [-0.15, -0.1) is 0 Å². The van der Waals surface area contributed by atoms with Crippen molar-refractivity contribution < 1.29 is 14.3 Å². The summed E-state index contributed by atoms with van der Waals surface area (Å²) in [7, 11) is 1.58. The van der Waals surface area contributed by atoms with Gasteiger partial charge >= 0.3 is 5.97 Å². The lowest BCUT2D eigenvalue weighted by Gasteiger charge is -2.02. The molecular weight excluding hydrogens is 268 g/mol. The third-order valence-electron chi connectivity index (χ3n) is 2.95. The Balaban J connectivity index is 1.93. The van der Waals surface area contributed by atoms with Crippen molar-refractivity contribution >= 4 is 17.9 Å². The molecule has 0 radical (unpaired) electrons. The van der Waals surface area contributed by atoms with E-state index in [0.717, 1.165) is 5.56 Å². The minimum Gasteiger partial charge on any atom is -0.497 e. The lowest BCUT2D eigenvalue weighted by molar-refractivity contribution is -0.129. The number of rotatable bonds is 3. The zero-order chi connectivity index (χ0) is 14.7. The number of hydrogen-bond acceptors (Lipinski definition) is 5. The zero-order valence-corrected chi connectivity index (χ0v) is 11.3. The van der Waals surface area contributed by atoms with Gasteiger partial charge in [0, 0.05) is 18.0 Å². The van der Waals surface area contributed by atoms with E-state index in [9.17, 15) is 4.79 Å². The Labute approximate surface area is 121 Å². The molecule has 0 saturated heterocycles. The Morgan fingerprint density at radius 1 is 1.19 bits per heavy atom. The molecule has 0 amide bonds. The van der Waals surface area contributed by atoms with Crippen LogP contribution in [-0.4, -0.2) is 24.0 Å². The molecule has 0 N–H and O–H groups in total. The average molecular weight is 280 g/mol. The number of nitrogens with zero attached hydrogens (tertiary/aromatic N) is 2. The van der Waals surface area contributed by atoms with Crippen LogP contribution in [0.5, 0.6) is 5.75 Å². The highest BCUT2D eigenvalue weighted by molar-refractivity contribution is 6.12. The third-order valence-corrected chi connectivity index (χ3v) is 2.95. The Hall–Kier alpha value is -2.95. The number of ether oxygens (including phenoxy) is 2. The highest BCUT2D eigenvalue weighted by Gasteiger charge is 2.24. The number of hydrogen-bond donors (Lipinski definition) is 0. The van der Waals surface area contributed by atoms with E-state index in [0.29, 0.717) is 11.3 Å². The van der Waals surface area contributed by atoms with Crippen molar-refractivity contribution in [2.75, 3.05) is 7.11 Å². The quantitative estimate of drug-likeness (QED) is 0.640. The molecular formula is C16H12N2O3. The summed E-state index contributed by atoms with van der Waals surface area (Å²) in [6.45, 7) is 0. The molecule has 0 aliphatic carbocycles. The molecule has 0 atom stereocenters. The number of aromatic nitrogens is 1. The van der Waals surface area contributed by atoms with Gasteiger partial charge in [0.25, 0.3) is 0 Å². The first-order valence-corrected chi connectivity index (χ1v) is 6.33. The minimum absolute atomic E-state index is 0.263. The van der Waals surface area contributed by atoms with Crippen molar-refractivity contribution in [1.82, 2.24) is 4.98 Å². The van der Waals surface area contributed by atoms with E-state index >= 15 is 0 Å². The molecule has 1 aromatic heterocycles. The van der Waals surface area contributed by atoms with Gasteiger partial charge in [-0.3, -0.25) is 4.98 Å². The monoisotopic (exact) mass is 280 g/mol. The molecule has 0 unspecified atom stereocenters. The molecule has 2 aromatic rings. The molecule has 1 aromatic carbocycles. The van der Waals surface area contributed by atoms with Gasteiger partial charge in [-0.1, -0.05) is 6.07 Å². The molecule has 3 rings (SSSR count). The largest absolute Gasteiger partial charge is 0.497 e. The predicted octanol–water partition coefficient (Wildman–Crippen LogP) is 2.43. The fourth-order valence-corrected chi connectivity index (χ4v) is 1.91. The first-order valence-electron chi connectivity index (χ1n) is 6.33. The Bertz CT molecular complexity index is 736. The van der Waals surface area contributed by atoms with Crippen LogP contribution in [0.2, 0.25) is 0 Å². The lowest BCUT2D eigenvalue weighted by Crippen LogP contribution is -2.05. The van der Waals surface area contributed by atoms with Gasteiger partial charge in [-0.05, 0) is 42.0 Å². The summed E-state index contributed by atoms with van der Waals surface area (Å²) in [5.74, 6) is 0.488. The standard InChI is InChI=1S/C16H12N2O3/c1-20-13-4-2-3-12(10-13)15-18-14(16(19)21-15)9-11-5-7-17-8-6-11/h2-10H,1H3/b14-9+. The van der Waals surface area contributed by atoms with Crippen molar-refractivity contribution in [2.45, 2.75) is 0 Å². The van der Waals surface area contributed by atoms with E-state index in [2.05, 4.69) is 9.98 Å². The first-order chi connectivity index (χ1) is 10.3. The second kappa shape index (κ2) is 5.58. The van der Waals surface area contributed by atoms with Gasteiger partial charge in [-0.25, -0.2) is 9.79 Å². The Morgan fingerprint density at radius 3 is 2.76 bits per heavy atom. The van der Waals surface area contributed by atoms with E-state index in [4.69, 9.17) is 9.47 Å². The number of esters is 1. The van der Waals surface area contributed by atoms with Crippen molar-refractivity contribution in [3.8, 4) is 5.75 Å². The van der Waals surface area contributed by atoms with Crippen LogP contribution in [0, 0.1) is 0 Å². The second-order valence-electron chi connectivity index (χ2n) is 4.35. The number of carbonyl (C=O) groups is 1. The molecule has 0 spiro atoms. The van der Waals surface area contributed by atoms with E-state index in [1.807, 2.05) is 18.2 Å². The molecule has 2 heterocycles. The molecule has 0 fully saturated rings. The third kappa shape index (κ3) is 2.81. The molecule has 5 heteroatoms. The van der Waals surface area contributed by atoms with Crippen LogP contribution < -0.4 is 4.74 Å². The molecule has 104 valence electrons. The number of pyridine rings is 1.